The highest BCUT2D eigenvalue weighted by molar-refractivity contribution is 5.95. The van der Waals surface area contributed by atoms with Crippen LogP contribution in [0.3, 0.4) is 0 Å². The van der Waals surface area contributed by atoms with Crippen molar-refractivity contribution in [2.45, 2.75) is 39.3 Å². The van der Waals surface area contributed by atoms with Crippen LogP contribution in [-0.4, -0.2) is 42.5 Å². The fourth-order valence-corrected chi connectivity index (χ4v) is 3.02. The van der Waals surface area contributed by atoms with E-state index >= 15 is 0 Å². The number of carbonyl (C=O) groups excluding carboxylic acids is 1. The summed E-state index contributed by atoms with van der Waals surface area (Å²) in [5, 5.41) is 0. The molecule has 0 bridgehead atoms. The van der Waals surface area contributed by atoms with Crippen LogP contribution in [-0.2, 0) is 4.79 Å². The zero-order valence-electron chi connectivity index (χ0n) is 13.7. The van der Waals surface area contributed by atoms with E-state index in [1.807, 2.05) is 35.2 Å². The maximum atomic E-state index is 12.7. The van der Waals surface area contributed by atoms with Crippen molar-refractivity contribution in [1.29, 1.82) is 0 Å². The molecule has 0 spiro atoms. The monoisotopic (exact) mass is 325 g/mol. The second-order valence-electron chi connectivity index (χ2n) is 6.34. The van der Waals surface area contributed by atoms with Crippen LogP contribution >= 0.6 is 12.4 Å². The molecule has 1 aliphatic rings. The van der Waals surface area contributed by atoms with Crippen LogP contribution in [0.4, 0.5) is 5.69 Å². The van der Waals surface area contributed by atoms with E-state index in [2.05, 4.69) is 25.7 Å². The fourth-order valence-electron chi connectivity index (χ4n) is 3.02. The van der Waals surface area contributed by atoms with Gasteiger partial charge in [-0.05, 0) is 51.8 Å². The van der Waals surface area contributed by atoms with Gasteiger partial charge in [-0.2, -0.15) is 0 Å². The Labute approximate surface area is 140 Å². The van der Waals surface area contributed by atoms with Crippen molar-refractivity contribution in [3.63, 3.8) is 0 Å². The highest BCUT2D eigenvalue weighted by Crippen LogP contribution is 2.21. The number of para-hydroxylation sites is 1. The van der Waals surface area contributed by atoms with E-state index in [1.165, 1.54) is 0 Å². The SMILES string of the molecule is CC(N)C1CCN(CC(=O)N(c2ccccc2)C(C)C)C1.Cl. The molecular formula is C17H28ClN3O. The molecule has 22 heavy (non-hydrogen) atoms. The van der Waals surface area contributed by atoms with Crippen LogP contribution in [0.5, 0.6) is 0 Å². The molecule has 2 N–H and O–H groups in total. The van der Waals surface area contributed by atoms with E-state index in [9.17, 15) is 4.79 Å². The molecule has 0 aliphatic carbocycles. The third kappa shape index (κ3) is 4.70. The standard InChI is InChI=1S/C17H27N3O.ClH/c1-13(2)20(16-7-5-4-6-8-16)17(21)12-19-10-9-15(11-19)14(3)18;/h4-8,13-15H,9-12,18H2,1-3H3;1H. The molecule has 0 saturated carbocycles. The Bertz CT molecular complexity index is 464. The number of benzene rings is 1. The van der Waals surface area contributed by atoms with Gasteiger partial charge < -0.3 is 10.6 Å². The normalized spacial score (nSPS) is 19.8. The van der Waals surface area contributed by atoms with Gasteiger partial charge in [-0.25, -0.2) is 0 Å². The molecule has 1 aliphatic heterocycles. The Morgan fingerprint density at radius 2 is 1.95 bits per heavy atom. The van der Waals surface area contributed by atoms with Crippen LogP contribution in [0.15, 0.2) is 30.3 Å². The summed E-state index contributed by atoms with van der Waals surface area (Å²) in [6, 6.07) is 10.3. The van der Waals surface area contributed by atoms with Gasteiger partial charge in [-0.15, -0.1) is 12.4 Å². The molecule has 1 saturated heterocycles. The number of carbonyl (C=O) groups is 1. The maximum Gasteiger partial charge on any atom is 0.241 e. The number of nitrogens with zero attached hydrogens (tertiary/aromatic N) is 2. The Kier molecular flexibility index (Phi) is 7.33. The van der Waals surface area contributed by atoms with Crippen molar-refractivity contribution in [2.75, 3.05) is 24.5 Å². The van der Waals surface area contributed by atoms with Gasteiger partial charge in [0.15, 0.2) is 0 Å². The van der Waals surface area contributed by atoms with Gasteiger partial charge >= 0.3 is 0 Å². The number of halogens is 1. The van der Waals surface area contributed by atoms with Gasteiger partial charge in [0.1, 0.15) is 0 Å². The van der Waals surface area contributed by atoms with Crippen LogP contribution in [0.2, 0.25) is 0 Å². The van der Waals surface area contributed by atoms with Crippen molar-refractivity contribution in [1.82, 2.24) is 4.90 Å². The van der Waals surface area contributed by atoms with Gasteiger partial charge in [0.05, 0.1) is 6.54 Å². The fraction of sp³-hybridized carbons (Fsp3) is 0.588. The van der Waals surface area contributed by atoms with Crippen LogP contribution in [0.1, 0.15) is 27.2 Å². The summed E-state index contributed by atoms with van der Waals surface area (Å²) in [4.78, 5) is 16.8. The lowest BCUT2D eigenvalue weighted by Gasteiger charge is -2.29. The summed E-state index contributed by atoms with van der Waals surface area (Å²) in [6.07, 6.45) is 1.10. The van der Waals surface area contributed by atoms with E-state index in [-0.39, 0.29) is 30.4 Å². The molecule has 1 heterocycles. The maximum absolute atomic E-state index is 12.7. The van der Waals surface area contributed by atoms with Crippen LogP contribution in [0, 0.1) is 5.92 Å². The highest BCUT2D eigenvalue weighted by atomic mass is 35.5. The first kappa shape index (κ1) is 18.9. The summed E-state index contributed by atoms with van der Waals surface area (Å²) in [5.41, 5.74) is 6.94. The minimum Gasteiger partial charge on any atom is -0.328 e. The first-order valence-electron chi connectivity index (χ1n) is 7.84. The topological polar surface area (TPSA) is 49.6 Å². The van der Waals surface area contributed by atoms with Crippen molar-refractivity contribution in [3.8, 4) is 0 Å². The summed E-state index contributed by atoms with van der Waals surface area (Å²) in [5.74, 6) is 0.684. The number of likely N-dealkylation sites (tertiary alicyclic amines) is 1. The third-order valence-electron chi connectivity index (χ3n) is 4.23. The molecule has 2 rings (SSSR count). The summed E-state index contributed by atoms with van der Waals surface area (Å²) < 4.78 is 0. The third-order valence-corrected chi connectivity index (χ3v) is 4.23. The molecule has 5 heteroatoms. The number of hydrogen-bond acceptors (Lipinski definition) is 3. The average molecular weight is 326 g/mol. The van der Waals surface area contributed by atoms with Crippen molar-refractivity contribution in [3.05, 3.63) is 30.3 Å². The van der Waals surface area contributed by atoms with Gasteiger partial charge in [0.25, 0.3) is 0 Å². The highest BCUT2D eigenvalue weighted by Gasteiger charge is 2.28. The van der Waals surface area contributed by atoms with E-state index in [0.29, 0.717) is 12.5 Å². The first-order valence-corrected chi connectivity index (χ1v) is 7.84. The second kappa shape index (κ2) is 8.51. The molecule has 1 fully saturated rings. The number of anilines is 1. The Morgan fingerprint density at radius 3 is 2.45 bits per heavy atom. The Hall–Kier alpha value is -1.10. The smallest absolute Gasteiger partial charge is 0.241 e. The quantitative estimate of drug-likeness (QED) is 0.905. The zero-order chi connectivity index (χ0) is 15.4. The molecule has 4 nitrogen and oxygen atoms in total. The lowest BCUT2D eigenvalue weighted by molar-refractivity contribution is -0.119. The molecule has 2 unspecified atom stereocenters. The van der Waals surface area contributed by atoms with Crippen molar-refractivity contribution < 1.29 is 4.79 Å². The number of nitrogens with two attached hydrogens (primary N) is 1. The predicted octanol–water partition coefficient (Wildman–Crippen LogP) is 2.52. The van der Waals surface area contributed by atoms with Gasteiger partial charge in [0, 0.05) is 24.3 Å². The average Bonchev–Trinajstić information content (AvgIpc) is 2.88. The second-order valence-corrected chi connectivity index (χ2v) is 6.34. The molecule has 1 amide bonds. The molecule has 0 aromatic heterocycles. The molecule has 124 valence electrons. The minimum atomic E-state index is 0. The largest absolute Gasteiger partial charge is 0.328 e. The zero-order valence-corrected chi connectivity index (χ0v) is 14.6. The van der Waals surface area contributed by atoms with E-state index in [0.717, 1.165) is 25.2 Å². The van der Waals surface area contributed by atoms with Crippen molar-refractivity contribution in [2.24, 2.45) is 11.7 Å². The predicted molar refractivity (Wildman–Crippen MR) is 94.5 cm³/mol. The minimum absolute atomic E-state index is 0. The Morgan fingerprint density at radius 1 is 1.32 bits per heavy atom. The van der Waals surface area contributed by atoms with Gasteiger partial charge in [-0.3, -0.25) is 9.69 Å². The summed E-state index contributed by atoms with van der Waals surface area (Å²) >= 11 is 0. The van der Waals surface area contributed by atoms with Crippen LogP contribution in [0.25, 0.3) is 0 Å². The Balaban J connectivity index is 0.00000242. The first-order chi connectivity index (χ1) is 9.99. The lowest BCUT2D eigenvalue weighted by atomic mass is 10.0. The van der Waals surface area contributed by atoms with Crippen molar-refractivity contribution >= 4 is 24.0 Å². The number of rotatable bonds is 5. The van der Waals surface area contributed by atoms with E-state index < -0.39 is 0 Å². The molecule has 1 aromatic rings. The number of amides is 1. The summed E-state index contributed by atoms with van der Waals surface area (Å²) in [7, 11) is 0. The lowest BCUT2D eigenvalue weighted by Crippen LogP contribution is -2.43. The van der Waals surface area contributed by atoms with Crippen LogP contribution < -0.4 is 10.6 Å². The molecular weight excluding hydrogens is 298 g/mol. The number of hydrogen-bond donors (Lipinski definition) is 1. The molecule has 1 aromatic carbocycles. The van der Waals surface area contributed by atoms with Gasteiger partial charge in [0.2, 0.25) is 5.91 Å². The molecule has 2 atom stereocenters. The molecule has 0 radical (unpaired) electrons. The van der Waals surface area contributed by atoms with E-state index in [4.69, 9.17) is 5.73 Å². The van der Waals surface area contributed by atoms with Gasteiger partial charge in [-0.1, -0.05) is 18.2 Å². The summed E-state index contributed by atoms with van der Waals surface area (Å²) in [6.45, 7) is 8.55. The van der Waals surface area contributed by atoms with E-state index in [1.54, 1.807) is 0 Å².